The highest BCUT2D eigenvalue weighted by Crippen LogP contribution is 2.33. The van der Waals surface area contributed by atoms with Gasteiger partial charge >= 0.3 is 0 Å². The predicted molar refractivity (Wildman–Crippen MR) is 83.4 cm³/mol. The van der Waals surface area contributed by atoms with E-state index in [0.717, 1.165) is 25.7 Å². The van der Waals surface area contributed by atoms with E-state index in [0.29, 0.717) is 11.4 Å². The Hall–Kier alpha value is -0.290. The van der Waals surface area contributed by atoms with E-state index in [-0.39, 0.29) is 16.0 Å². The maximum Gasteiger partial charge on any atom is 0.184 e. The van der Waals surface area contributed by atoms with Crippen molar-refractivity contribution in [2.24, 2.45) is 0 Å². The third kappa shape index (κ3) is 3.30. The van der Waals surface area contributed by atoms with Gasteiger partial charge in [-0.3, -0.25) is 0 Å². The average molecular weight is 336 g/mol. The average Bonchev–Trinajstić information content (AvgIpc) is 2.66. The summed E-state index contributed by atoms with van der Waals surface area (Å²) < 4.78 is 25.8. The molecule has 2 atom stereocenters. The van der Waals surface area contributed by atoms with Crippen LogP contribution < -0.4 is 5.32 Å². The van der Waals surface area contributed by atoms with Gasteiger partial charge in [-0.05, 0) is 38.1 Å². The lowest BCUT2D eigenvalue weighted by molar-refractivity contribution is 0.480. The van der Waals surface area contributed by atoms with Crippen LogP contribution in [0.15, 0.2) is 23.1 Å². The van der Waals surface area contributed by atoms with Gasteiger partial charge in [-0.25, -0.2) is 8.42 Å². The molecule has 20 heavy (non-hydrogen) atoms. The fourth-order valence-electron chi connectivity index (χ4n) is 2.83. The molecule has 6 heteroatoms. The fourth-order valence-corrected chi connectivity index (χ4v) is 5.65. The predicted octanol–water partition coefficient (Wildman–Crippen LogP) is 3.69. The topological polar surface area (TPSA) is 46.2 Å². The van der Waals surface area contributed by atoms with Crippen molar-refractivity contribution in [3.05, 3.63) is 28.2 Å². The summed E-state index contributed by atoms with van der Waals surface area (Å²) in [4.78, 5) is 0.152. The molecule has 0 bridgehead atoms. The Morgan fingerprint density at radius 1 is 1.15 bits per heavy atom. The quantitative estimate of drug-likeness (QED) is 0.857. The summed E-state index contributed by atoms with van der Waals surface area (Å²) in [6.45, 7) is 0. The van der Waals surface area contributed by atoms with Crippen LogP contribution in [0, 0.1) is 0 Å². The summed E-state index contributed by atoms with van der Waals surface area (Å²) in [6, 6.07) is 4.57. The number of rotatable bonds is 3. The lowest BCUT2D eigenvalue weighted by Gasteiger charge is -2.25. The molecule has 2 rings (SSSR count). The largest absolute Gasteiger partial charge is 0.316 e. The first-order chi connectivity index (χ1) is 9.46. The molecule has 1 fully saturated rings. The molecule has 1 aliphatic carbocycles. The lowest BCUT2D eigenvalue weighted by Crippen LogP contribution is -2.41. The van der Waals surface area contributed by atoms with Gasteiger partial charge in [0.15, 0.2) is 9.84 Å². The molecule has 1 aromatic rings. The molecule has 0 saturated heterocycles. The molecule has 0 radical (unpaired) electrons. The molecule has 1 aliphatic rings. The highest BCUT2D eigenvalue weighted by atomic mass is 35.5. The zero-order chi connectivity index (χ0) is 14.8. The summed E-state index contributed by atoms with van der Waals surface area (Å²) in [5.41, 5.74) is 0. The van der Waals surface area contributed by atoms with Gasteiger partial charge < -0.3 is 5.32 Å². The van der Waals surface area contributed by atoms with E-state index >= 15 is 0 Å². The van der Waals surface area contributed by atoms with E-state index in [9.17, 15) is 8.42 Å². The molecule has 0 aromatic heterocycles. The molecule has 1 aromatic carbocycles. The highest BCUT2D eigenvalue weighted by molar-refractivity contribution is 7.92. The minimum Gasteiger partial charge on any atom is -0.316 e. The van der Waals surface area contributed by atoms with Gasteiger partial charge in [0.1, 0.15) is 0 Å². The summed E-state index contributed by atoms with van der Waals surface area (Å²) in [5.74, 6) is 0. The van der Waals surface area contributed by atoms with Gasteiger partial charge in [-0.2, -0.15) is 0 Å². The smallest absolute Gasteiger partial charge is 0.184 e. The molecular weight excluding hydrogens is 317 g/mol. The monoisotopic (exact) mass is 335 g/mol. The molecule has 1 saturated carbocycles. The van der Waals surface area contributed by atoms with Crippen molar-refractivity contribution in [1.29, 1.82) is 0 Å². The Kier molecular flexibility index (Phi) is 5.35. The highest BCUT2D eigenvalue weighted by Gasteiger charge is 2.35. The van der Waals surface area contributed by atoms with Crippen molar-refractivity contribution < 1.29 is 8.42 Å². The van der Waals surface area contributed by atoms with Crippen molar-refractivity contribution >= 4 is 33.0 Å². The van der Waals surface area contributed by atoms with E-state index in [2.05, 4.69) is 5.32 Å². The molecule has 0 amide bonds. The van der Waals surface area contributed by atoms with Crippen molar-refractivity contribution in [3.8, 4) is 0 Å². The van der Waals surface area contributed by atoms with Gasteiger partial charge in [0.25, 0.3) is 0 Å². The Balaban J connectivity index is 2.44. The number of hydrogen-bond donors (Lipinski definition) is 1. The van der Waals surface area contributed by atoms with Crippen LogP contribution in [0.2, 0.25) is 10.0 Å². The van der Waals surface area contributed by atoms with E-state index in [4.69, 9.17) is 23.2 Å². The Morgan fingerprint density at radius 3 is 2.55 bits per heavy atom. The first-order valence-electron chi connectivity index (χ1n) is 6.83. The number of benzene rings is 1. The minimum atomic E-state index is -3.48. The Morgan fingerprint density at radius 2 is 1.85 bits per heavy atom. The van der Waals surface area contributed by atoms with Crippen molar-refractivity contribution in [2.75, 3.05) is 7.05 Å². The Labute approximate surface area is 130 Å². The number of nitrogens with one attached hydrogen (secondary N) is 1. The first-order valence-corrected chi connectivity index (χ1v) is 9.13. The van der Waals surface area contributed by atoms with E-state index in [1.807, 2.05) is 7.05 Å². The molecule has 1 N–H and O–H groups in total. The van der Waals surface area contributed by atoms with Crippen LogP contribution in [0.5, 0.6) is 0 Å². The minimum absolute atomic E-state index is 0.0300. The van der Waals surface area contributed by atoms with Crippen LogP contribution in [0.1, 0.15) is 32.1 Å². The van der Waals surface area contributed by atoms with Gasteiger partial charge in [-0.15, -0.1) is 0 Å². The molecule has 2 unspecified atom stereocenters. The number of hydrogen-bond acceptors (Lipinski definition) is 3. The summed E-state index contributed by atoms with van der Waals surface area (Å²) in [5, 5.41) is 3.35. The fraction of sp³-hybridized carbons (Fsp3) is 0.571. The lowest BCUT2D eigenvalue weighted by atomic mass is 10.1. The van der Waals surface area contributed by atoms with Crippen molar-refractivity contribution in [2.45, 2.75) is 48.3 Å². The van der Waals surface area contributed by atoms with Gasteiger partial charge in [-0.1, -0.05) is 42.5 Å². The second-order valence-electron chi connectivity index (χ2n) is 5.19. The van der Waals surface area contributed by atoms with Gasteiger partial charge in [0, 0.05) is 11.1 Å². The van der Waals surface area contributed by atoms with Gasteiger partial charge in [0.2, 0.25) is 0 Å². The Bertz CT molecular complexity index is 575. The molecular formula is C14H19Cl2NO2S. The molecule has 0 heterocycles. The molecule has 112 valence electrons. The third-order valence-electron chi connectivity index (χ3n) is 3.92. The standard InChI is InChI=1S/C14H19Cl2NO2S/c1-17-12-5-3-2-4-6-13(12)20(18,19)14-9-10(15)7-8-11(14)16/h7-9,12-13,17H,2-6H2,1H3. The van der Waals surface area contributed by atoms with Crippen LogP contribution in [0.25, 0.3) is 0 Å². The van der Waals surface area contributed by atoms with Gasteiger partial charge in [0.05, 0.1) is 15.2 Å². The normalized spacial score (nSPS) is 24.4. The summed E-state index contributed by atoms with van der Waals surface area (Å²) >= 11 is 12.0. The molecule has 3 nitrogen and oxygen atoms in total. The van der Waals surface area contributed by atoms with Crippen LogP contribution in [0.3, 0.4) is 0 Å². The van der Waals surface area contributed by atoms with E-state index in [1.165, 1.54) is 6.07 Å². The SMILES string of the molecule is CNC1CCCCCC1S(=O)(=O)c1cc(Cl)ccc1Cl. The summed E-state index contributed by atoms with van der Waals surface area (Å²) in [7, 11) is -1.66. The number of sulfone groups is 1. The maximum absolute atomic E-state index is 12.9. The second-order valence-corrected chi connectivity index (χ2v) is 8.17. The second kappa shape index (κ2) is 6.65. The molecule has 0 aliphatic heterocycles. The number of halogens is 2. The van der Waals surface area contributed by atoms with E-state index < -0.39 is 15.1 Å². The zero-order valence-electron chi connectivity index (χ0n) is 11.4. The van der Waals surface area contributed by atoms with E-state index in [1.54, 1.807) is 12.1 Å². The van der Waals surface area contributed by atoms with Crippen LogP contribution >= 0.6 is 23.2 Å². The van der Waals surface area contributed by atoms with Crippen molar-refractivity contribution in [3.63, 3.8) is 0 Å². The first kappa shape index (κ1) is 16.1. The zero-order valence-corrected chi connectivity index (χ0v) is 13.7. The maximum atomic E-state index is 12.9. The van der Waals surface area contributed by atoms with Crippen LogP contribution in [-0.2, 0) is 9.84 Å². The summed E-state index contributed by atoms with van der Waals surface area (Å²) in [6.07, 6.45) is 4.60. The third-order valence-corrected chi connectivity index (χ3v) is 6.91. The van der Waals surface area contributed by atoms with Crippen molar-refractivity contribution in [1.82, 2.24) is 5.32 Å². The van der Waals surface area contributed by atoms with Crippen LogP contribution in [0.4, 0.5) is 0 Å². The van der Waals surface area contributed by atoms with Crippen LogP contribution in [-0.4, -0.2) is 26.8 Å². The molecule has 0 spiro atoms.